The third-order valence-electron chi connectivity index (χ3n) is 4.27. The monoisotopic (exact) mass is 340 g/mol. The van der Waals surface area contributed by atoms with Gasteiger partial charge >= 0.3 is 5.97 Å². The van der Waals surface area contributed by atoms with Crippen molar-refractivity contribution in [1.82, 2.24) is 5.32 Å². The highest BCUT2D eigenvalue weighted by Gasteiger charge is 2.28. The molecule has 0 saturated heterocycles. The normalized spacial score (nSPS) is 21.1. The summed E-state index contributed by atoms with van der Waals surface area (Å²) in [4.78, 5) is 24.1. The Morgan fingerprint density at radius 2 is 2.00 bits per heavy atom. The van der Waals surface area contributed by atoms with Gasteiger partial charge in [-0.15, -0.1) is 12.4 Å². The molecule has 0 bridgehead atoms. The van der Waals surface area contributed by atoms with Crippen molar-refractivity contribution >= 4 is 24.3 Å². The highest BCUT2D eigenvalue weighted by molar-refractivity contribution is 5.85. The van der Waals surface area contributed by atoms with Gasteiger partial charge in [0, 0.05) is 18.9 Å². The van der Waals surface area contributed by atoms with Gasteiger partial charge in [-0.3, -0.25) is 4.79 Å². The van der Waals surface area contributed by atoms with Crippen LogP contribution in [0.25, 0.3) is 0 Å². The van der Waals surface area contributed by atoms with Gasteiger partial charge in [0.2, 0.25) is 5.91 Å². The zero-order valence-electron chi connectivity index (χ0n) is 13.4. The first kappa shape index (κ1) is 19.5. The first-order valence-electron chi connectivity index (χ1n) is 7.77. The molecular weight excluding hydrogens is 316 g/mol. The molecule has 5 nitrogen and oxygen atoms in total. The molecular formula is C17H25ClN2O3. The van der Waals surface area contributed by atoms with Crippen LogP contribution in [0.4, 0.5) is 0 Å². The van der Waals surface area contributed by atoms with Gasteiger partial charge in [-0.2, -0.15) is 0 Å². The fourth-order valence-electron chi connectivity index (χ4n) is 3.00. The summed E-state index contributed by atoms with van der Waals surface area (Å²) in [5.74, 6) is -0.336. The molecule has 6 heteroatoms. The molecule has 1 aromatic carbocycles. The van der Waals surface area contributed by atoms with E-state index in [1.807, 2.05) is 30.3 Å². The molecule has 0 radical (unpaired) electrons. The van der Waals surface area contributed by atoms with E-state index in [0.717, 1.165) is 24.8 Å². The maximum absolute atomic E-state index is 12.2. The molecule has 128 valence electrons. The van der Waals surface area contributed by atoms with Crippen LogP contribution in [0.5, 0.6) is 0 Å². The Bertz CT molecular complexity index is 510. The van der Waals surface area contributed by atoms with E-state index >= 15 is 0 Å². The zero-order valence-corrected chi connectivity index (χ0v) is 14.2. The minimum absolute atomic E-state index is 0. The van der Waals surface area contributed by atoms with Gasteiger partial charge in [0.1, 0.15) is 6.04 Å². The maximum atomic E-state index is 12.2. The Kier molecular flexibility index (Phi) is 8.06. The van der Waals surface area contributed by atoms with E-state index < -0.39 is 12.0 Å². The highest BCUT2D eigenvalue weighted by Crippen LogP contribution is 2.26. The van der Waals surface area contributed by atoms with Gasteiger partial charge in [-0.05, 0) is 24.3 Å². The number of benzene rings is 1. The molecule has 0 aliphatic heterocycles. The van der Waals surface area contributed by atoms with E-state index in [0.29, 0.717) is 12.8 Å². The second-order valence-electron chi connectivity index (χ2n) is 5.89. The molecule has 1 aliphatic rings. The number of rotatable bonds is 6. The second-order valence-corrected chi connectivity index (χ2v) is 5.89. The van der Waals surface area contributed by atoms with Crippen LogP contribution in [0.1, 0.15) is 31.2 Å². The van der Waals surface area contributed by atoms with E-state index in [4.69, 9.17) is 10.5 Å². The smallest absolute Gasteiger partial charge is 0.328 e. The third-order valence-corrected chi connectivity index (χ3v) is 4.27. The van der Waals surface area contributed by atoms with Crippen molar-refractivity contribution in [3.63, 3.8) is 0 Å². The molecule has 1 fully saturated rings. The van der Waals surface area contributed by atoms with Crippen molar-refractivity contribution in [2.24, 2.45) is 11.7 Å². The number of nitrogens with one attached hydrogen (secondary N) is 1. The lowest BCUT2D eigenvalue weighted by Gasteiger charge is -2.19. The summed E-state index contributed by atoms with van der Waals surface area (Å²) in [6, 6.07) is 9.02. The van der Waals surface area contributed by atoms with Gasteiger partial charge in [0.25, 0.3) is 0 Å². The Balaban J connectivity index is 0.00000264. The summed E-state index contributed by atoms with van der Waals surface area (Å²) in [5.41, 5.74) is 6.98. The van der Waals surface area contributed by atoms with Crippen molar-refractivity contribution in [3.05, 3.63) is 35.9 Å². The number of carbonyl (C=O) groups is 2. The van der Waals surface area contributed by atoms with Gasteiger partial charge in [-0.1, -0.05) is 36.8 Å². The lowest BCUT2D eigenvalue weighted by molar-refractivity contribution is -0.145. The fraction of sp³-hybridized carbons (Fsp3) is 0.529. The van der Waals surface area contributed by atoms with Crippen LogP contribution in [-0.4, -0.2) is 31.1 Å². The number of carbonyl (C=O) groups excluding carboxylic acids is 2. The number of amides is 1. The summed E-state index contributed by atoms with van der Waals surface area (Å²) in [6.45, 7) is 0. The van der Waals surface area contributed by atoms with E-state index in [1.165, 1.54) is 7.11 Å². The Labute approximate surface area is 143 Å². The van der Waals surface area contributed by atoms with Crippen LogP contribution >= 0.6 is 12.4 Å². The second kappa shape index (κ2) is 9.53. The summed E-state index contributed by atoms with van der Waals surface area (Å²) in [5, 5.41) is 2.79. The maximum Gasteiger partial charge on any atom is 0.328 e. The topological polar surface area (TPSA) is 81.4 Å². The SMILES string of the molecule is COC(=O)C(Cc1ccccc1)NC(=O)C[C@@H]1CCC[C@H]1N.Cl. The van der Waals surface area contributed by atoms with E-state index in [1.54, 1.807) is 0 Å². The predicted octanol–water partition coefficient (Wildman–Crippen LogP) is 1.83. The number of methoxy groups -OCH3 is 1. The van der Waals surface area contributed by atoms with Gasteiger partial charge in [-0.25, -0.2) is 4.79 Å². The number of nitrogens with two attached hydrogens (primary N) is 1. The molecule has 3 N–H and O–H groups in total. The van der Waals surface area contributed by atoms with Crippen LogP contribution in [0, 0.1) is 5.92 Å². The predicted molar refractivity (Wildman–Crippen MR) is 91.3 cm³/mol. The molecule has 2 rings (SSSR count). The van der Waals surface area contributed by atoms with E-state index in [9.17, 15) is 9.59 Å². The number of hydrogen-bond acceptors (Lipinski definition) is 4. The summed E-state index contributed by atoms with van der Waals surface area (Å²) < 4.78 is 4.80. The standard InChI is InChI=1S/C17H24N2O3.ClH/c1-22-17(21)15(10-12-6-3-2-4-7-12)19-16(20)11-13-8-5-9-14(13)18;/h2-4,6-7,13-15H,5,8-11,18H2,1H3,(H,19,20);1H/t13-,14+,15?;/m0./s1. The van der Waals surface area contributed by atoms with Gasteiger partial charge in [0.05, 0.1) is 7.11 Å². The van der Waals surface area contributed by atoms with Gasteiger partial charge < -0.3 is 15.8 Å². The molecule has 1 aliphatic carbocycles. The largest absolute Gasteiger partial charge is 0.467 e. The van der Waals surface area contributed by atoms with Crippen molar-refractivity contribution in [1.29, 1.82) is 0 Å². The lowest BCUT2D eigenvalue weighted by atomic mass is 9.99. The minimum atomic E-state index is -0.655. The van der Waals surface area contributed by atoms with E-state index in [-0.39, 0.29) is 30.3 Å². The first-order chi connectivity index (χ1) is 10.6. The Morgan fingerprint density at radius 1 is 1.30 bits per heavy atom. The number of halogens is 1. The highest BCUT2D eigenvalue weighted by atomic mass is 35.5. The van der Waals surface area contributed by atoms with Crippen LogP contribution in [-0.2, 0) is 20.7 Å². The zero-order chi connectivity index (χ0) is 15.9. The molecule has 1 saturated carbocycles. The molecule has 0 aromatic heterocycles. The van der Waals surface area contributed by atoms with Crippen molar-refractivity contribution in [3.8, 4) is 0 Å². The fourth-order valence-corrected chi connectivity index (χ4v) is 3.00. The van der Waals surface area contributed by atoms with Crippen LogP contribution < -0.4 is 11.1 Å². The van der Waals surface area contributed by atoms with Crippen molar-refractivity contribution < 1.29 is 14.3 Å². The molecule has 1 unspecified atom stereocenters. The molecule has 1 amide bonds. The lowest BCUT2D eigenvalue weighted by Crippen LogP contribution is -2.44. The van der Waals surface area contributed by atoms with Crippen LogP contribution in [0.2, 0.25) is 0 Å². The van der Waals surface area contributed by atoms with Crippen molar-refractivity contribution in [2.75, 3.05) is 7.11 Å². The summed E-state index contributed by atoms with van der Waals surface area (Å²) in [7, 11) is 1.33. The minimum Gasteiger partial charge on any atom is -0.467 e. The quantitative estimate of drug-likeness (QED) is 0.774. The molecule has 0 heterocycles. The van der Waals surface area contributed by atoms with Gasteiger partial charge in [0.15, 0.2) is 0 Å². The Morgan fingerprint density at radius 3 is 2.57 bits per heavy atom. The van der Waals surface area contributed by atoms with E-state index in [2.05, 4.69) is 5.32 Å². The summed E-state index contributed by atoms with van der Waals surface area (Å²) in [6.07, 6.45) is 3.83. The average Bonchev–Trinajstić information content (AvgIpc) is 2.92. The molecule has 23 heavy (non-hydrogen) atoms. The molecule has 1 aromatic rings. The first-order valence-corrected chi connectivity index (χ1v) is 7.77. The number of hydrogen-bond donors (Lipinski definition) is 2. The van der Waals surface area contributed by atoms with Crippen LogP contribution in [0.15, 0.2) is 30.3 Å². The number of esters is 1. The average molecular weight is 341 g/mol. The number of ether oxygens (including phenoxy) is 1. The Hall–Kier alpha value is -1.59. The molecule has 3 atom stereocenters. The molecule has 0 spiro atoms. The van der Waals surface area contributed by atoms with Crippen molar-refractivity contribution in [2.45, 2.75) is 44.2 Å². The summed E-state index contributed by atoms with van der Waals surface area (Å²) >= 11 is 0. The third kappa shape index (κ3) is 5.84. The van der Waals surface area contributed by atoms with Crippen LogP contribution in [0.3, 0.4) is 0 Å².